The molecule has 0 fully saturated rings. The van der Waals surface area contributed by atoms with Crippen LogP contribution in [0.25, 0.3) is 11.1 Å². The first-order valence-electron chi connectivity index (χ1n) is 9.59. The summed E-state index contributed by atoms with van der Waals surface area (Å²) in [4.78, 5) is 14.1. The molecule has 0 heterocycles. The fourth-order valence-corrected chi connectivity index (χ4v) is 3.30. The Morgan fingerprint density at radius 2 is 1.70 bits per heavy atom. The summed E-state index contributed by atoms with van der Waals surface area (Å²) < 4.78 is 0. The topological polar surface area (TPSA) is 91.0 Å². The fourth-order valence-electron chi connectivity index (χ4n) is 3.30. The molecule has 3 aromatic rings. The van der Waals surface area contributed by atoms with E-state index in [2.05, 4.69) is 40.8 Å². The average Bonchev–Trinajstić information content (AvgIpc) is 2.72. The summed E-state index contributed by atoms with van der Waals surface area (Å²) in [6.07, 6.45) is 1.53. The zero-order valence-electron chi connectivity index (χ0n) is 17.3. The fraction of sp³-hybridized carbons (Fsp3) is 0.167. The van der Waals surface area contributed by atoms with E-state index in [4.69, 9.17) is 5.84 Å². The first-order valence-corrected chi connectivity index (χ1v) is 9.59. The number of hydrazone groups is 1. The molecular formula is C24H26N4O2. The third-order valence-corrected chi connectivity index (χ3v) is 4.84. The second-order valence-electron chi connectivity index (χ2n) is 7.39. The van der Waals surface area contributed by atoms with Crippen molar-refractivity contribution in [3.05, 3.63) is 83.4 Å². The van der Waals surface area contributed by atoms with E-state index in [1.807, 2.05) is 62.3 Å². The third-order valence-electron chi connectivity index (χ3n) is 4.84. The lowest BCUT2D eigenvalue weighted by molar-refractivity contribution is -0.138. The normalized spacial score (nSPS) is 12.0. The molecule has 0 saturated heterocycles. The molecule has 0 amide bonds. The first kappa shape index (κ1) is 20.9. The Kier molecular flexibility index (Phi) is 6.37. The molecule has 30 heavy (non-hydrogen) atoms. The molecule has 154 valence electrons. The number of aryl methyl sites for hydroxylation is 1. The number of aliphatic carboxylic acids is 1. The highest BCUT2D eigenvalue weighted by molar-refractivity contribution is 5.82. The van der Waals surface area contributed by atoms with E-state index in [0.717, 1.165) is 27.9 Å². The Bertz CT molecular complexity index is 1040. The number of carboxylic acids is 1. The highest BCUT2D eigenvalue weighted by Crippen LogP contribution is 2.29. The van der Waals surface area contributed by atoms with Gasteiger partial charge >= 0.3 is 5.97 Å². The van der Waals surface area contributed by atoms with E-state index in [-0.39, 0.29) is 0 Å². The molecule has 6 nitrogen and oxygen atoms in total. The highest BCUT2D eigenvalue weighted by atomic mass is 16.4. The molecule has 0 bridgehead atoms. The molecule has 0 aliphatic heterocycles. The summed E-state index contributed by atoms with van der Waals surface area (Å²) in [5.74, 6) is 4.23. The van der Waals surface area contributed by atoms with Gasteiger partial charge in [0.05, 0.1) is 6.21 Å². The number of nitrogens with zero attached hydrogens (tertiary/aromatic N) is 2. The van der Waals surface area contributed by atoms with Crippen molar-refractivity contribution in [2.24, 2.45) is 10.9 Å². The van der Waals surface area contributed by atoms with Gasteiger partial charge in [-0.15, -0.1) is 0 Å². The van der Waals surface area contributed by atoms with Crippen LogP contribution in [-0.2, 0) is 4.79 Å². The van der Waals surface area contributed by atoms with Crippen LogP contribution in [-0.4, -0.2) is 31.4 Å². The summed E-state index contributed by atoms with van der Waals surface area (Å²) in [6, 6.07) is 20.5. The van der Waals surface area contributed by atoms with Crippen LogP contribution >= 0.6 is 0 Å². The second-order valence-corrected chi connectivity index (χ2v) is 7.39. The predicted octanol–water partition coefficient (Wildman–Crippen LogP) is 4.26. The Labute approximate surface area is 176 Å². The lowest BCUT2D eigenvalue weighted by Gasteiger charge is -2.18. The number of hydrogen-bond donors (Lipinski definition) is 3. The highest BCUT2D eigenvalue weighted by Gasteiger charge is 2.21. The van der Waals surface area contributed by atoms with Gasteiger partial charge in [0.25, 0.3) is 0 Å². The van der Waals surface area contributed by atoms with Crippen LogP contribution in [0.5, 0.6) is 0 Å². The monoisotopic (exact) mass is 402 g/mol. The Balaban J connectivity index is 1.92. The number of rotatable bonds is 7. The maximum absolute atomic E-state index is 12.0. The van der Waals surface area contributed by atoms with Crippen LogP contribution in [0.4, 0.5) is 11.4 Å². The summed E-state index contributed by atoms with van der Waals surface area (Å²) in [5, 5.41) is 16.5. The largest absolute Gasteiger partial charge is 0.479 e. The van der Waals surface area contributed by atoms with Crippen molar-refractivity contribution in [2.75, 3.05) is 24.3 Å². The van der Waals surface area contributed by atoms with Gasteiger partial charge < -0.3 is 21.2 Å². The minimum atomic E-state index is -0.942. The molecule has 1 unspecified atom stereocenters. The van der Waals surface area contributed by atoms with Gasteiger partial charge in [-0.25, -0.2) is 4.79 Å². The van der Waals surface area contributed by atoms with Crippen molar-refractivity contribution in [1.82, 2.24) is 0 Å². The van der Waals surface area contributed by atoms with E-state index in [0.29, 0.717) is 11.3 Å². The van der Waals surface area contributed by atoms with Crippen LogP contribution in [0, 0.1) is 6.92 Å². The van der Waals surface area contributed by atoms with Gasteiger partial charge in [-0.05, 0) is 59.5 Å². The minimum Gasteiger partial charge on any atom is -0.479 e. The number of nitrogens with one attached hydrogen (secondary N) is 1. The number of hydrogen-bond acceptors (Lipinski definition) is 5. The quantitative estimate of drug-likeness (QED) is 0.312. The van der Waals surface area contributed by atoms with Crippen LogP contribution < -0.4 is 16.1 Å². The SMILES string of the molecule is Cc1cc(-c2ccc(N(C)C)cc2)cc(C(Nc2ccc(C=NN)cc2)C(=O)O)c1. The lowest BCUT2D eigenvalue weighted by Crippen LogP contribution is -2.20. The minimum absolute atomic E-state index is 0.696. The smallest absolute Gasteiger partial charge is 0.330 e. The van der Waals surface area contributed by atoms with Gasteiger partial charge in [0.1, 0.15) is 0 Å². The van der Waals surface area contributed by atoms with Crippen molar-refractivity contribution >= 4 is 23.6 Å². The standard InChI is InChI=1S/C24H26N4O2/c1-16-12-19(18-6-10-22(11-7-18)28(2)3)14-20(13-16)23(24(29)30)27-21-8-4-17(5-9-21)15-26-25/h4-15,23,27H,25H2,1-3H3,(H,29,30). The van der Waals surface area contributed by atoms with Crippen molar-refractivity contribution < 1.29 is 9.90 Å². The third kappa shape index (κ3) is 4.97. The van der Waals surface area contributed by atoms with Gasteiger partial charge in [0.15, 0.2) is 6.04 Å². The van der Waals surface area contributed by atoms with Crippen LogP contribution in [0.1, 0.15) is 22.7 Å². The molecule has 4 N–H and O–H groups in total. The molecule has 0 spiro atoms. The molecule has 0 saturated carbocycles. The Morgan fingerprint density at radius 1 is 1.03 bits per heavy atom. The van der Waals surface area contributed by atoms with Gasteiger partial charge in [0, 0.05) is 25.5 Å². The zero-order chi connectivity index (χ0) is 21.7. The van der Waals surface area contributed by atoms with Crippen molar-refractivity contribution in [2.45, 2.75) is 13.0 Å². The molecule has 0 aliphatic rings. The van der Waals surface area contributed by atoms with E-state index in [1.165, 1.54) is 6.21 Å². The summed E-state index contributed by atoms with van der Waals surface area (Å²) in [7, 11) is 4.00. The molecule has 0 aliphatic carbocycles. The van der Waals surface area contributed by atoms with Crippen LogP contribution in [0.15, 0.2) is 71.8 Å². The van der Waals surface area contributed by atoms with Crippen LogP contribution in [0.3, 0.4) is 0 Å². The molecule has 3 aromatic carbocycles. The van der Waals surface area contributed by atoms with E-state index in [9.17, 15) is 9.90 Å². The summed E-state index contributed by atoms with van der Waals surface area (Å²) in [5.41, 5.74) is 6.38. The molecular weight excluding hydrogens is 376 g/mol. The van der Waals surface area contributed by atoms with Gasteiger partial charge in [-0.2, -0.15) is 5.10 Å². The molecule has 1 atom stereocenters. The molecule has 3 rings (SSSR count). The van der Waals surface area contributed by atoms with E-state index in [1.54, 1.807) is 0 Å². The Hall–Kier alpha value is -3.80. The maximum Gasteiger partial charge on any atom is 0.330 e. The maximum atomic E-state index is 12.0. The van der Waals surface area contributed by atoms with Crippen LogP contribution in [0.2, 0.25) is 0 Å². The first-order chi connectivity index (χ1) is 14.4. The average molecular weight is 402 g/mol. The number of benzene rings is 3. The van der Waals surface area contributed by atoms with E-state index < -0.39 is 12.0 Å². The zero-order valence-corrected chi connectivity index (χ0v) is 17.3. The van der Waals surface area contributed by atoms with Gasteiger partial charge in [-0.3, -0.25) is 0 Å². The molecule has 6 heteroatoms. The molecule has 0 radical (unpaired) electrons. The lowest BCUT2D eigenvalue weighted by atomic mass is 9.96. The van der Waals surface area contributed by atoms with Gasteiger partial charge in [-0.1, -0.05) is 42.0 Å². The number of nitrogens with two attached hydrogens (primary N) is 1. The van der Waals surface area contributed by atoms with Crippen molar-refractivity contribution in [3.63, 3.8) is 0 Å². The van der Waals surface area contributed by atoms with E-state index >= 15 is 0 Å². The number of anilines is 2. The van der Waals surface area contributed by atoms with Crippen molar-refractivity contribution in [3.8, 4) is 11.1 Å². The predicted molar refractivity (Wildman–Crippen MR) is 123 cm³/mol. The van der Waals surface area contributed by atoms with Gasteiger partial charge in [0.2, 0.25) is 0 Å². The summed E-state index contributed by atoms with van der Waals surface area (Å²) in [6.45, 7) is 1.97. The number of carbonyl (C=O) groups is 1. The van der Waals surface area contributed by atoms with Crippen molar-refractivity contribution in [1.29, 1.82) is 0 Å². The molecule has 0 aromatic heterocycles. The number of carboxylic acid groups (broad SMARTS) is 1. The second kappa shape index (κ2) is 9.13. The summed E-state index contributed by atoms with van der Waals surface area (Å²) >= 11 is 0. The Morgan fingerprint density at radius 3 is 2.27 bits per heavy atom.